The second-order valence-electron chi connectivity index (χ2n) is 1.96. The van der Waals surface area contributed by atoms with Crippen LogP contribution >= 0.6 is 0 Å². The molecular formula is C6H6N4O. The second-order valence-corrected chi connectivity index (χ2v) is 1.96. The largest absolute Gasteiger partial charge is 0.273 e. The van der Waals surface area contributed by atoms with Crippen molar-refractivity contribution in [2.24, 2.45) is 0 Å². The van der Waals surface area contributed by atoms with E-state index < -0.39 is 0 Å². The molecule has 0 saturated heterocycles. The van der Waals surface area contributed by atoms with Crippen molar-refractivity contribution < 1.29 is 4.79 Å². The van der Waals surface area contributed by atoms with Crippen molar-refractivity contribution in [1.29, 1.82) is 5.26 Å². The molecule has 0 saturated carbocycles. The minimum Gasteiger partial charge on any atom is -0.273 e. The zero-order chi connectivity index (χ0) is 8.27. The van der Waals surface area contributed by atoms with E-state index in [0.717, 1.165) is 4.68 Å². The summed E-state index contributed by atoms with van der Waals surface area (Å²) >= 11 is 0. The van der Waals surface area contributed by atoms with E-state index in [-0.39, 0.29) is 12.3 Å². The molecule has 56 valence electrons. The summed E-state index contributed by atoms with van der Waals surface area (Å²) in [6.07, 6.45) is 1.44. The molecule has 0 aromatic carbocycles. The summed E-state index contributed by atoms with van der Waals surface area (Å²) in [5, 5.41) is 12.0. The van der Waals surface area contributed by atoms with Crippen LogP contribution in [0.5, 0.6) is 0 Å². The van der Waals surface area contributed by atoms with Crippen LogP contribution < -0.4 is 0 Å². The molecular weight excluding hydrogens is 144 g/mol. The van der Waals surface area contributed by atoms with E-state index in [0.29, 0.717) is 5.82 Å². The van der Waals surface area contributed by atoms with Crippen LogP contribution in [-0.4, -0.2) is 20.7 Å². The van der Waals surface area contributed by atoms with Gasteiger partial charge in [0.1, 0.15) is 6.33 Å². The topological polar surface area (TPSA) is 71.6 Å². The highest BCUT2D eigenvalue weighted by molar-refractivity contribution is 5.74. The summed E-state index contributed by atoms with van der Waals surface area (Å²) in [6.45, 7) is 1.38. The zero-order valence-corrected chi connectivity index (χ0v) is 5.98. The smallest absolute Gasteiger partial charge is 0.245 e. The first-order valence-corrected chi connectivity index (χ1v) is 3.02. The van der Waals surface area contributed by atoms with E-state index in [9.17, 15) is 4.79 Å². The molecule has 1 aromatic heterocycles. The molecule has 0 aliphatic heterocycles. The van der Waals surface area contributed by atoms with Gasteiger partial charge in [-0.05, 0) is 0 Å². The van der Waals surface area contributed by atoms with Gasteiger partial charge in [-0.3, -0.25) is 4.79 Å². The molecule has 0 radical (unpaired) electrons. The van der Waals surface area contributed by atoms with Crippen LogP contribution in [0, 0.1) is 11.3 Å². The first-order chi connectivity index (χ1) is 5.24. The highest BCUT2D eigenvalue weighted by Gasteiger charge is 2.01. The lowest BCUT2D eigenvalue weighted by Gasteiger charge is -1.86. The molecule has 5 nitrogen and oxygen atoms in total. The third-order valence-corrected chi connectivity index (χ3v) is 1.10. The predicted molar refractivity (Wildman–Crippen MR) is 35.6 cm³/mol. The van der Waals surface area contributed by atoms with Crippen LogP contribution in [0.3, 0.4) is 0 Å². The fourth-order valence-corrected chi connectivity index (χ4v) is 0.601. The predicted octanol–water partition coefficient (Wildman–Crippen LogP) is 0.00428. The van der Waals surface area contributed by atoms with Crippen LogP contribution in [0.1, 0.15) is 17.5 Å². The lowest BCUT2D eigenvalue weighted by atomic mass is 10.5. The van der Waals surface area contributed by atoms with Crippen molar-refractivity contribution >= 4 is 5.91 Å². The first kappa shape index (κ1) is 7.41. The average Bonchev–Trinajstić information content (AvgIpc) is 2.37. The van der Waals surface area contributed by atoms with E-state index in [2.05, 4.69) is 10.1 Å². The Hall–Kier alpha value is -1.70. The Labute approximate surface area is 63.3 Å². The van der Waals surface area contributed by atoms with Crippen molar-refractivity contribution in [3.05, 3.63) is 12.2 Å². The van der Waals surface area contributed by atoms with E-state index in [4.69, 9.17) is 5.26 Å². The molecule has 0 fully saturated rings. The van der Waals surface area contributed by atoms with Gasteiger partial charge in [-0.2, -0.15) is 9.94 Å². The van der Waals surface area contributed by atoms with Gasteiger partial charge < -0.3 is 0 Å². The average molecular weight is 150 g/mol. The summed E-state index contributed by atoms with van der Waals surface area (Å²) in [7, 11) is 0. The number of carbonyl (C=O) groups excluding carboxylic acids is 1. The fraction of sp³-hybridized carbons (Fsp3) is 0.333. The van der Waals surface area contributed by atoms with Crippen LogP contribution in [0.2, 0.25) is 0 Å². The number of carbonyl (C=O) groups is 1. The lowest BCUT2D eigenvalue weighted by Crippen LogP contribution is -2.06. The van der Waals surface area contributed by atoms with Gasteiger partial charge in [0.2, 0.25) is 5.91 Å². The van der Waals surface area contributed by atoms with Crippen molar-refractivity contribution in [1.82, 2.24) is 14.8 Å². The Morgan fingerprint density at radius 3 is 3.09 bits per heavy atom. The standard InChI is InChI=1S/C6H6N4O/c1-5(11)10-4-8-6(9-10)2-3-7/h4H,2H2,1H3. The maximum atomic E-state index is 10.6. The molecule has 0 atom stereocenters. The molecule has 1 heterocycles. The third kappa shape index (κ3) is 1.61. The molecule has 0 N–H and O–H groups in total. The molecule has 5 heteroatoms. The van der Waals surface area contributed by atoms with Crippen molar-refractivity contribution in [2.75, 3.05) is 0 Å². The Morgan fingerprint density at radius 2 is 2.64 bits per heavy atom. The SMILES string of the molecule is CC(=O)n1cnc(CC#N)n1. The van der Waals surface area contributed by atoms with E-state index >= 15 is 0 Å². The fourth-order valence-electron chi connectivity index (χ4n) is 0.601. The molecule has 0 aliphatic rings. The third-order valence-electron chi connectivity index (χ3n) is 1.10. The number of aromatic nitrogens is 3. The van der Waals surface area contributed by atoms with Crippen LogP contribution in [-0.2, 0) is 6.42 Å². The van der Waals surface area contributed by atoms with Crippen molar-refractivity contribution in [3.8, 4) is 6.07 Å². The van der Waals surface area contributed by atoms with Gasteiger partial charge in [0, 0.05) is 6.92 Å². The Kier molecular flexibility index (Phi) is 1.97. The van der Waals surface area contributed by atoms with Crippen LogP contribution in [0.25, 0.3) is 0 Å². The van der Waals surface area contributed by atoms with Gasteiger partial charge in [0.25, 0.3) is 0 Å². The number of nitrogens with zero attached hydrogens (tertiary/aromatic N) is 4. The summed E-state index contributed by atoms with van der Waals surface area (Å²) in [5.74, 6) is 0.171. The number of rotatable bonds is 1. The highest BCUT2D eigenvalue weighted by Crippen LogP contribution is 1.89. The minimum atomic E-state index is -0.207. The first-order valence-electron chi connectivity index (χ1n) is 3.02. The number of hydrogen-bond donors (Lipinski definition) is 0. The Bertz CT molecular complexity index is 309. The van der Waals surface area contributed by atoms with E-state index in [1.165, 1.54) is 13.3 Å². The maximum absolute atomic E-state index is 10.6. The van der Waals surface area contributed by atoms with Crippen molar-refractivity contribution in [3.63, 3.8) is 0 Å². The molecule has 1 rings (SSSR count). The molecule has 0 aliphatic carbocycles. The number of hydrogen-bond acceptors (Lipinski definition) is 4. The lowest BCUT2D eigenvalue weighted by molar-refractivity contribution is 0.0920. The molecule has 0 spiro atoms. The van der Waals surface area contributed by atoms with Crippen LogP contribution in [0.4, 0.5) is 0 Å². The van der Waals surface area contributed by atoms with Crippen LogP contribution in [0.15, 0.2) is 6.33 Å². The van der Waals surface area contributed by atoms with Gasteiger partial charge in [0.05, 0.1) is 12.5 Å². The van der Waals surface area contributed by atoms with Crippen molar-refractivity contribution in [2.45, 2.75) is 13.3 Å². The van der Waals surface area contributed by atoms with Gasteiger partial charge >= 0.3 is 0 Å². The monoisotopic (exact) mass is 150 g/mol. The molecule has 1 aromatic rings. The minimum absolute atomic E-state index is 0.139. The maximum Gasteiger partial charge on any atom is 0.245 e. The van der Waals surface area contributed by atoms with Gasteiger partial charge in [0.15, 0.2) is 5.82 Å². The number of nitriles is 1. The molecule has 0 amide bonds. The van der Waals surface area contributed by atoms with E-state index in [1.54, 1.807) is 0 Å². The van der Waals surface area contributed by atoms with Gasteiger partial charge in [-0.15, -0.1) is 5.10 Å². The van der Waals surface area contributed by atoms with Gasteiger partial charge in [-0.1, -0.05) is 0 Å². The Balaban J connectivity index is 2.83. The summed E-state index contributed by atoms with van der Waals surface area (Å²) in [4.78, 5) is 14.4. The molecule has 0 unspecified atom stereocenters. The van der Waals surface area contributed by atoms with E-state index in [1.807, 2.05) is 6.07 Å². The normalized spacial score (nSPS) is 9.09. The second kappa shape index (κ2) is 2.92. The Morgan fingerprint density at radius 1 is 1.91 bits per heavy atom. The zero-order valence-electron chi connectivity index (χ0n) is 5.98. The molecule has 11 heavy (non-hydrogen) atoms. The summed E-state index contributed by atoms with van der Waals surface area (Å²) in [5.41, 5.74) is 0. The summed E-state index contributed by atoms with van der Waals surface area (Å²) < 4.78 is 1.10. The summed E-state index contributed by atoms with van der Waals surface area (Å²) in [6, 6.07) is 1.89. The molecule has 0 bridgehead atoms. The van der Waals surface area contributed by atoms with Gasteiger partial charge in [-0.25, -0.2) is 4.98 Å². The highest BCUT2D eigenvalue weighted by atomic mass is 16.2. The quantitative estimate of drug-likeness (QED) is 0.565.